The summed E-state index contributed by atoms with van der Waals surface area (Å²) in [5.74, 6) is -4.12. The maximum absolute atomic E-state index is 13.1. The summed E-state index contributed by atoms with van der Waals surface area (Å²) in [6.45, 7) is 0. The van der Waals surface area contributed by atoms with Crippen molar-refractivity contribution < 1.29 is 28.9 Å². The highest BCUT2D eigenvalue weighted by molar-refractivity contribution is 5.92. The third-order valence-corrected chi connectivity index (χ3v) is 5.71. The smallest absolute Gasteiger partial charge is 0.344 e. The molecule has 0 aliphatic rings. The van der Waals surface area contributed by atoms with Gasteiger partial charge >= 0.3 is 17.2 Å². The number of carboxylic acid groups (broad SMARTS) is 1. The highest BCUT2D eigenvalue weighted by Crippen LogP contribution is 2.43. The molecular weight excluding hydrogens is 440 g/mol. The lowest BCUT2D eigenvalue weighted by Gasteiger charge is -2.20. The van der Waals surface area contributed by atoms with Crippen LogP contribution in [-0.4, -0.2) is 21.3 Å². The summed E-state index contributed by atoms with van der Waals surface area (Å²) in [5, 5.41) is 32.5. The first kappa shape index (κ1) is 21.0. The summed E-state index contributed by atoms with van der Waals surface area (Å²) >= 11 is 0. The molecule has 3 N–H and O–H groups in total. The minimum Gasteiger partial charge on any atom is -0.507 e. The van der Waals surface area contributed by atoms with Crippen LogP contribution in [0.15, 0.2) is 91.2 Å². The molecule has 5 rings (SSSR count). The largest absolute Gasteiger partial charge is 0.507 e. The van der Waals surface area contributed by atoms with Crippen molar-refractivity contribution >= 4 is 27.7 Å². The van der Waals surface area contributed by atoms with Crippen molar-refractivity contribution in [1.29, 1.82) is 0 Å². The van der Waals surface area contributed by atoms with E-state index < -0.39 is 40.4 Å². The van der Waals surface area contributed by atoms with Crippen molar-refractivity contribution in [2.24, 2.45) is 0 Å². The van der Waals surface area contributed by atoms with E-state index >= 15 is 0 Å². The van der Waals surface area contributed by atoms with Gasteiger partial charge in [-0.15, -0.1) is 0 Å². The fourth-order valence-electron chi connectivity index (χ4n) is 4.17. The second kappa shape index (κ2) is 7.93. The standard InChI is InChI=1S/C26H16O8/c27-21-17-11-5-6-12-18(17)33-26(32)20(21)19(13-7-1-3-9-15(13)24(29)30)23-22(28)14-8-2-4-10-16(14)25(31)34-23/h1-12,19,27-28H,(H,29,30). The Balaban J connectivity index is 1.95. The summed E-state index contributed by atoms with van der Waals surface area (Å²) in [7, 11) is 0. The zero-order chi connectivity index (χ0) is 24.0. The Morgan fingerprint density at radius 1 is 0.706 bits per heavy atom. The Hall–Kier alpha value is -4.85. The molecular formula is C26H16O8. The SMILES string of the molecule is O=C(O)c1ccccc1C(c1oc(=O)c2ccccc2c1O)c1c(O)c2ccccc2oc1=O. The molecule has 0 saturated heterocycles. The van der Waals surface area contributed by atoms with E-state index in [2.05, 4.69) is 0 Å². The minimum atomic E-state index is -1.47. The average Bonchev–Trinajstić information content (AvgIpc) is 2.84. The van der Waals surface area contributed by atoms with Crippen LogP contribution in [0.3, 0.4) is 0 Å². The molecule has 34 heavy (non-hydrogen) atoms. The molecule has 0 spiro atoms. The highest BCUT2D eigenvalue weighted by Gasteiger charge is 2.34. The second-order valence-electron chi connectivity index (χ2n) is 7.62. The molecule has 8 nitrogen and oxygen atoms in total. The molecule has 2 aromatic heterocycles. The lowest BCUT2D eigenvalue weighted by atomic mass is 9.85. The van der Waals surface area contributed by atoms with Gasteiger partial charge in [0.25, 0.3) is 0 Å². The van der Waals surface area contributed by atoms with E-state index in [0.717, 1.165) is 0 Å². The number of rotatable bonds is 4. The maximum Gasteiger partial charge on any atom is 0.344 e. The number of fused-ring (bicyclic) bond motifs is 2. The van der Waals surface area contributed by atoms with Gasteiger partial charge in [-0.1, -0.05) is 48.5 Å². The summed E-state index contributed by atoms with van der Waals surface area (Å²) in [5.41, 5.74) is -2.23. The van der Waals surface area contributed by atoms with Crippen LogP contribution in [0.5, 0.6) is 11.5 Å². The van der Waals surface area contributed by atoms with Crippen LogP contribution in [0.2, 0.25) is 0 Å². The molecule has 168 valence electrons. The van der Waals surface area contributed by atoms with Crippen molar-refractivity contribution in [3.8, 4) is 11.5 Å². The van der Waals surface area contributed by atoms with Gasteiger partial charge in [-0.25, -0.2) is 14.4 Å². The average molecular weight is 456 g/mol. The zero-order valence-electron chi connectivity index (χ0n) is 17.4. The zero-order valence-corrected chi connectivity index (χ0v) is 17.4. The number of aromatic hydroxyl groups is 2. The topological polar surface area (TPSA) is 138 Å². The molecule has 1 atom stereocenters. The Bertz CT molecular complexity index is 1710. The quantitative estimate of drug-likeness (QED) is 0.342. The van der Waals surface area contributed by atoms with Gasteiger partial charge in [-0.2, -0.15) is 0 Å². The number of hydrogen-bond acceptors (Lipinski definition) is 7. The predicted octanol–water partition coefficient (Wildman–Crippen LogP) is 4.19. The number of para-hydroxylation sites is 1. The number of carbonyl (C=O) groups is 1. The van der Waals surface area contributed by atoms with E-state index in [4.69, 9.17) is 8.83 Å². The van der Waals surface area contributed by atoms with Gasteiger partial charge in [0.2, 0.25) is 0 Å². The molecule has 0 saturated carbocycles. The fraction of sp³-hybridized carbons (Fsp3) is 0.0385. The minimum absolute atomic E-state index is 0.0154. The van der Waals surface area contributed by atoms with Crippen LogP contribution in [0.4, 0.5) is 0 Å². The van der Waals surface area contributed by atoms with Crippen LogP contribution in [0, 0.1) is 0 Å². The van der Waals surface area contributed by atoms with E-state index in [0.29, 0.717) is 0 Å². The van der Waals surface area contributed by atoms with Crippen LogP contribution in [0.25, 0.3) is 21.7 Å². The van der Waals surface area contributed by atoms with Crippen molar-refractivity contribution in [1.82, 2.24) is 0 Å². The summed E-state index contributed by atoms with van der Waals surface area (Å²) in [4.78, 5) is 37.9. The molecule has 1 unspecified atom stereocenters. The normalized spacial score (nSPS) is 12.1. The molecule has 2 heterocycles. The van der Waals surface area contributed by atoms with Crippen LogP contribution < -0.4 is 11.3 Å². The molecule has 0 amide bonds. The molecule has 8 heteroatoms. The molecule has 5 aromatic rings. The molecule has 3 aromatic carbocycles. The van der Waals surface area contributed by atoms with Crippen molar-refractivity contribution in [2.45, 2.75) is 5.92 Å². The van der Waals surface area contributed by atoms with Crippen molar-refractivity contribution in [2.75, 3.05) is 0 Å². The van der Waals surface area contributed by atoms with Crippen molar-refractivity contribution in [3.63, 3.8) is 0 Å². The number of hydrogen-bond donors (Lipinski definition) is 3. The first-order valence-electron chi connectivity index (χ1n) is 10.2. The van der Waals surface area contributed by atoms with Crippen molar-refractivity contribution in [3.05, 3.63) is 116 Å². The van der Waals surface area contributed by atoms with Gasteiger partial charge in [-0.05, 0) is 29.8 Å². The van der Waals surface area contributed by atoms with Crippen LogP contribution >= 0.6 is 0 Å². The predicted molar refractivity (Wildman–Crippen MR) is 123 cm³/mol. The van der Waals surface area contributed by atoms with Gasteiger partial charge in [-0.3, -0.25) is 0 Å². The van der Waals surface area contributed by atoms with Gasteiger partial charge in [0.1, 0.15) is 11.3 Å². The number of carboxylic acids is 1. The fourth-order valence-corrected chi connectivity index (χ4v) is 4.17. The first-order chi connectivity index (χ1) is 16.4. The van der Waals surface area contributed by atoms with E-state index in [1.165, 1.54) is 48.5 Å². The first-order valence-corrected chi connectivity index (χ1v) is 10.2. The van der Waals surface area contributed by atoms with E-state index in [1.54, 1.807) is 24.3 Å². The van der Waals surface area contributed by atoms with E-state index in [-0.39, 0.29) is 38.4 Å². The lowest BCUT2D eigenvalue weighted by molar-refractivity contribution is 0.0695. The summed E-state index contributed by atoms with van der Waals surface area (Å²) < 4.78 is 10.9. The van der Waals surface area contributed by atoms with Gasteiger partial charge < -0.3 is 24.2 Å². The van der Waals surface area contributed by atoms with Gasteiger partial charge in [0.15, 0.2) is 11.5 Å². The molecule has 0 fully saturated rings. The second-order valence-corrected chi connectivity index (χ2v) is 7.62. The summed E-state index contributed by atoms with van der Waals surface area (Å²) in [6.07, 6.45) is 0. The Labute approximate surface area is 190 Å². The van der Waals surface area contributed by atoms with Crippen LogP contribution in [0.1, 0.15) is 33.2 Å². The lowest BCUT2D eigenvalue weighted by Crippen LogP contribution is -2.19. The van der Waals surface area contributed by atoms with E-state index in [9.17, 15) is 29.7 Å². The summed E-state index contributed by atoms with van der Waals surface area (Å²) in [6, 6.07) is 18.2. The third-order valence-electron chi connectivity index (χ3n) is 5.71. The van der Waals surface area contributed by atoms with Crippen LogP contribution in [-0.2, 0) is 0 Å². The Morgan fingerprint density at radius 2 is 1.32 bits per heavy atom. The van der Waals surface area contributed by atoms with E-state index in [1.807, 2.05) is 0 Å². The highest BCUT2D eigenvalue weighted by atomic mass is 16.4. The van der Waals surface area contributed by atoms with Gasteiger partial charge in [0.05, 0.1) is 27.8 Å². The maximum atomic E-state index is 13.1. The molecule has 0 bridgehead atoms. The Kier molecular flexibility index (Phi) is 4.90. The molecule has 0 radical (unpaired) electrons. The monoisotopic (exact) mass is 456 g/mol. The number of benzene rings is 3. The van der Waals surface area contributed by atoms with Gasteiger partial charge in [0, 0.05) is 5.39 Å². The molecule has 0 aliphatic carbocycles. The number of aromatic carboxylic acids is 1. The molecule has 0 aliphatic heterocycles. The third kappa shape index (κ3) is 3.20. The Morgan fingerprint density at radius 3 is 2.06 bits per heavy atom.